The van der Waals surface area contributed by atoms with Crippen molar-refractivity contribution in [2.45, 2.75) is 18.2 Å². The Morgan fingerprint density at radius 1 is 0.639 bits per heavy atom. The molecule has 4 aromatic heterocycles. The van der Waals surface area contributed by atoms with Gasteiger partial charge in [0, 0.05) is 49.3 Å². The molecule has 61 heavy (non-hydrogen) atoms. The monoisotopic (exact) mass is 842 g/mol. The Morgan fingerprint density at radius 2 is 1.33 bits per heavy atom. The lowest BCUT2D eigenvalue weighted by molar-refractivity contribution is 0.387. The van der Waals surface area contributed by atoms with Crippen molar-refractivity contribution in [1.29, 1.82) is 0 Å². The SMILES string of the molecule is [2H]C([2H])(c1nncs1)C1(Cc2nccs2)c2ccccc2Oc2c1cccc2[Si](c1ccccc1)(c1ccccc1)c1cccc(-n2c3ccccc3n3c4ccccc4nc23)c1. The third-order valence-electron chi connectivity index (χ3n) is 12.1. The van der Waals surface area contributed by atoms with Crippen molar-refractivity contribution in [2.24, 2.45) is 0 Å². The highest BCUT2D eigenvalue weighted by Gasteiger charge is 2.49. The molecule has 7 nitrogen and oxygen atoms in total. The highest BCUT2D eigenvalue weighted by atomic mass is 32.1. The highest BCUT2D eigenvalue weighted by Crippen LogP contribution is 2.51. The maximum Gasteiger partial charge on any atom is 0.220 e. The number of ether oxygens (including phenoxy) is 1. The highest BCUT2D eigenvalue weighted by molar-refractivity contribution is 7.20. The fraction of sp³-hybridized carbons (Fsp3) is 0.0588. The lowest BCUT2D eigenvalue weighted by atomic mass is 9.68. The molecule has 0 radical (unpaired) electrons. The van der Waals surface area contributed by atoms with Gasteiger partial charge in [0.05, 0.1) is 27.1 Å². The van der Waals surface area contributed by atoms with Crippen LogP contribution in [0.1, 0.15) is 23.9 Å². The normalized spacial score (nSPS) is 15.6. The van der Waals surface area contributed by atoms with Crippen molar-refractivity contribution in [3.63, 3.8) is 0 Å². The molecule has 0 saturated carbocycles. The van der Waals surface area contributed by atoms with Gasteiger partial charge in [-0.2, -0.15) is 0 Å². The second-order valence-corrected chi connectivity index (χ2v) is 20.8. The summed E-state index contributed by atoms with van der Waals surface area (Å²) in [5, 5.41) is 16.1. The van der Waals surface area contributed by atoms with Crippen LogP contribution in [0.3, 0.4) is 0 Å². The van der Waals surface area contributed by atoms with Crippen molar-refractivity contribution >= 4 is 79.3 Å². The van der Waals surface area contributed by atoms with Crippen LogP contribution in [-0.2, 0) is 18.2 Å². The minimum Gasteiger partial charge on any atom is -0.457 e. The van der Waals surface area contributed by atoms with E-state index in [0.717, 1.165) is 70.4 Å². The van der Waals surface area contributed by atoms with Crippen molar-refractivity contribution in [3.05, 3.63) is 214 Å². The van der Waals surface area contributed by atoms with Crippen molar-refractivity contribution in [3.8, 4) is 17.2 Å². The quantitative estimate of drug-likeness (QED) is 0.107. The van der Waals surface area contributed by atoms with Crippen molar-refractivity contribution < 1.29 is 7.48 Å². The number of thiazole rings is 1. The largest absolute Gasteiger partial charge is 0.457 e. The van der Waals surface area contributed by atoms with Gasteiger partial charge in [-0.15, -0.1) is 32.9 Å². The van der Waals surface area contributed by atoms with Gasteiger partial charge in [0.1, 0.15) is 22.0 Å². The number of para-hydroxylation sites is 6. The number of hydrogen-bond acceptors (Lipinski definition) is 7. The summed E-state index contributed by atoms with van der Waals surface area (Å²) in [4.78, 5) is 10.0. The summed E-state index contributed by atoms with van der Waals surface area (Å²) in [7, 11) is -3.40. The van der Waals surface area contributed by atoms with Crippen LogP contribution in [0.25, 0.3) is 33.5 Å². The Morgan fingerprint density at radius 3 is 2.10 bits per heavy atom. The van der Waals surface area contributed by atoms with Gasteiger partial charge < -0.3 is 4.74 Å². The van der Waals surface area contributed by atoms with E-state index in [0.29, 0.717) is 16.5 Å². The number of imidazole rings is 2. The molecule has 0 fully saturated rings. The third kappa shape index (κ3) is 5.53. The maximum atomic E-state index is 10.3. The lowest BCUT2D eigenvalue weighted by Gasteiger charge is -2.43. The summed E-state index contributed by atoms with van der Waals surface area (Å²) in [5.74, 6) is 2.09. The van der Waals surface area contributed by atoms with Crippen LogP contribution in [0.2, 0.25) is 0 Å². The van der Waals surface area contributed by atoms with E-state index in [1.54, 1.807) is 11.7 Å². The zero-order valence-electron chi connectivity index (χ0n) is 34.6. The molecule has 1 unspecified atom stereocenters. The van der Waals surface area contributed by atoms with Crippen LogP contribution in [0.15, 0.2) is 193 Å². The van der Waals surface area contributed by atoms with Crippen LogP contribution >= 0.6 is 22.7 Å². The first kappa shape index (κ1) is 33.8. The molecule has 292 valence electrons. The van der Waals surface area contributed by atoms with Crippen molar-refractivity contribution in [2.75, 3.05) is 0 Å². The van der Waals surface area contributed by atoms with Gasteiger partial charge in [-0.25, -0.2) is 9.97 Å². The topological polar surface area (TPSA) is 70.1 Å². The molecule has 0 amide bonds. The summed E-state index contributed by atoms with van der Waals surface area (Å²) < 4.78 is 32.4. The predicted molar refractivity (Wildman–Crippen MR) is 250 cm³/mol. The van der Waals surface area contributed by atoms with Crippen LogP contribution in [0.4, 0.5) is 0 Å². The second-order valence-electron chi connectivity index (χ2n) is 15.2. The average Bonchev–Trinajstić information content (AvgIpc) is 4.17. The third-order valence-corrected chi connectivity index (χ3v) is 18.2. The van der Waals surface area contributed by atoms with E-state index in [1.165, 1.54) is 22.7 Å². The molecule has 0 aliphatic carbocycles. The first-order valence-electron chi connectivity index (χ1n) is 21.1. The molecule has 5 heterocycles. The van der Waals surface area contributed by atoms with Crippen LogP contribution in [0.5, 0.6) is 11.5 Å². The van der Waals surface area contributed by atoms with Gasteiger partial charge in [0.25, 0.3) is 0 Å². The lowest BCUT2D eigenvalue weighted by Crippen LogP contribution is -2.75. The summed E-state index contributed by atoms with van der Waals surface area (Å²) in [5.41, 5.74) is 6.89. The zero-order valence-corrected chi connectivity index (χ0v) is 35.2. The van der Waals surface area contributed by atoms with Gasteiger partial charge in [0.15, 0.2) is 8.07 Å². The van der Waals surface area contributed by atoms with E-state index < -0.39 is 19.9 Å². The minimum atomic E-state index is -3.40. The van der Waals surface area contributed by atoms with Gasteiger partial charge in [0.2, 0.25) is 5.78 Å². The maximum absolute atomic E-state index is 10.3. The first-order chi connectivity index (χ1) is 31.0. The number of fused-ring (bicyclic) bond motifs is 7. The molecule has 1 aliphatic rings. The summed E-state index contributed by atoms with van der Waals surface area (Å²) in [6.07, 6.45) is 0.0375. The Kier molecular flexibility index (Phi) is 7.95. The molecule has 0 bridgehead atoms. The Labute approximate surface area is 363 Å². The van der Waals surface area contributed by atoms with E-state index >= 15 is 0 Å². The van der Waals surface area contributed by atoms with Crippen LogP contribution in [-0.4, -0.2) is 37.2 Å². The molecule has 11 aromatic rings. The van der Waals surface area contributed by atoms with Crippen LogP contribution in [0, 0.1) is 0 Å². The molecular formula is C51H36N6OS2Si. The molecule has 7 aromatic carbocycles. The Balaban J connectivity index is 1.19. The molecule has 10 heteroatoms. The smallest absolute Gasteiger partial charge is 0.220 e. The van der Waals surface area contributed by atoms with Gasteiger partial charge in [-0.05, 0) is 63.2 Å². The van der Waals surface area contributed by atoms with E-state index in [9.17, 15) is 2.74 Å². The van der Waals surface area contributed by atoms with Gasteiger partial charge >= 0.3 is 0 Å². The standard InChI is InChI=1S/C51H36N6OS2Si/c1-3-16-36(17-4-1)61(37-18-5-2-6-19-37,38-20-13-15-35(31-38)56-43-25-10-11-26-44(43)57-42-24-9-8-23-41(42)54-50(56)57)46-28-14-22-40-49(46)58-45-27-12-7-21-39(45)51(40,32-47-52-29-30-59-47)33-48-55-53-34-60-48/h1-31,34H,32-33H2/i33D2. The first-order valence-corrected chi connectivity index (χ1v) is 23.9. The minimum absolute atomic E-state index is 0.282. The Hall–Kier alpha value is -6.98. The zero-order chi connectivity index (χ0) is 42.2. The Bertz CT molecular complexity index is 3430. The van der Waals surface area contributed by atoms with E-state index in [1.807, 2.05) is 35.7 Å². The van der Waals surface area contributed by atoms with E-state index in [-0.39, 0.29) is 6.42 Å². The second kappa shape index (κ2) is 14.3. The molecule has 1 atom stereocenters. The molecule has 0 N–H and O–H groups in total. The van der Waals surface area contributed by atoms with E-state index in [2.05, 4.69) is 165 Å². The number of rotatable bonds is 9. The molecule has 0 spiro atoms. The van der Waals surface area contributed by atoms with Crippen LogP contribution < -0.4 is 25.5 Å². The van der Waals surface area contributed by atoms with E-state index in [4.69, 9.17) is 14.7 Å². The molecule has 1 aliphatic heterocycles. The van der Waals surface area contributed by atoms with Crippen molar-refractivity contribution in [1.82, 2.24) is 29.1 Å². The van der Waals surface area contributed by atoms with Gasteiger partial charge in [-0.3, -0.25) is 8.97 Å². The fourth-order valence-corrected chi connectivity index (χ4v) is 15.7. The predicted octanol–water partition coefficient (Wildman–Crippen LogP) is 8.99. The number of nitrogens with zero attached hydrogens (tertiary/aromatic N) is 6. The molecular weight excluding hydrogens is 805 g/mol. The molecule has 0 saturated heterocycles. The average molecular weight is 843 g/mol. The number of benzene rings is 7. The summed E-state index contributed by atoms with van der Waals surface area (Å²) in [6, 6.07) is 61.6. The fourth-order valence-electron chi connectivity index (χ4n) is 9.61. The summed E-state index contributed by atoms with van der Waals surface area (Å²) >= 11 is 2.76. The molecule has 12 rings (SSSR count). The van der Waals surface area contributed by atoms with Gasteiger partial charge in [-0.1, -0.05) is 133 Å². The summed E-state index contributed by atoms with van der Waals surface area (Å²) in [6.45, 7) is 0. The number of hydrogen-bond donors (Lipinski definition) is 0. The number of aromatic nitrogens is 6.